The van der Waals surface area contributed by atoms with E-state index in [-0.39, 0.29) is 10.8 Å². The van der Waals surface area contributed by atoms with Crippen LogP contribution in [0.1, 0.15) is 52.7 Å². The van der Waals surface area contributed by atoms with E-state index in [9.17, 15) is 0 Å². The van der Waals surface area contributed by atoms with Gasteiger partial charge in [0.15, 0.2) is 0 Å². The number of nitrogens with zero attached hydrogens (tertiary/aromatic N) is 5. The lowest BCUT2D eigenvalue weighted by atomic mass is 9.87. The van der Waals surface area contributed by atoms with E-state index in [1.165, 1.54) is 11.1 Å². The zero-order chi connectivity index (χ0) is 36.7. The smallest absolute Gasteiger partial charge is 0.137 e. The third-order valence-electron chi connectivity index (χ3n) is 9.97. The predicted octanol–water partition coefficient (Wildman–Crippen LogP) is 13.1. The van der Waals surface area contributed by atoms with Crippen LogP contribution < -0.4 is 9.80 Å². The van der Waals surface area contributed by atoms with Gasteiger partial charge in [-0.15, -0.1) is 0 Å². The molecule has 8 aromatic rings. The molecular formula is C48H45N5. The monoisotopic (exact) mass is 691 g/mol. The highest BCUT2D eigenvalue weighted by Gasteiger charge is 2.23. The molecule has 0 aliphatic rings. The second-order valence-corrected chi connectivity index (χ2v) is 15.7. The van der Waals surface area contributed by atoms with Crippen molar-refractivity contribution >= 4 is 56.2 Å². The van der Waals surface area contributed by atoms with Gasteiger partial charge in [-0.1, -0.05) is 96.1 Å². The summed E-state index contributed by atoms with van der Waals surface area (Å²) in [6.07, 6.45) is 3.86. The van der Waals surface area contributed by atoms with E-state index >= 15 is 0 Å². The molecule has 0 aliphatic heterocycles. The number of pyridine rings is 2. The number of hydrogen-bond acceptors (Lipinski definition) is 4. The Kier molecular flexibility index (Phi) is 8.58. The minimum atomic E-state index is -0.0185. The number of aromatic nitrogens is 3. The summed E-state index contributed by atoms with van der Waals surface area (Å²) in [6.45, 7) is 13.5. The van der Waals surface area contributed by atoms with Crippen LogP contribution in [-0.4, -0.2) is 14.5 Å². The summed E-state index contributed by atoms with van der Waals surface area (Å²) < 4.78 is 2.37. The molecule has 0 unspecified atom stereocenters. The lowest BCUT2D eigenvalue weighted by molar-refractivity contribution is 0.589. The Labute approximate surface area is 312 Å². The van der Waals surface area contributed by atoms with Crippen molar-refractivity contribution in [1.29, 1.82) is 0 Å². The topological polar surface area (TPSA) is 37.2 Å². The molecule has 53 heavy (non-hydrogen) atoms. The molecule has 0 bridgehead atoms. The normalized spacial score (nSPS) is 12.0. The van der Waals surface area contributed by atoms with Gasteiger partial charge < -0.3 is 4.57 Å². The van der Waals surface area contributed by atoms with Crippen molar-refractivity contribution in [2.75, 3.05) is 9.80 Å². The van der Waals surface area contributed by atoms with Crippen LogP contribution >= 0.6 is 0 Å². The highest BCUT2D eigenvalue weighted by atomic mass is 15.2. The van der Waals surface area contributed by atoms with E-state index in [1.807, 2.05) is 12.4 Å². The Morgan fingerprint density at radius 3 is 1.21 bits per heavy atom. The summed E-state index contributed by atoms with van der Waals surface area (Å²) in [5.41, 5.74) is 10.0. The van der Waals surface area contributed by atoms with Crippen molar-refractivity contribution in [3.8, 4) is 5.69 Å². The summed E-state index contributed by atoms with van der Waals surface area (Å²) in [5.74, 6) is 1.77. The van der Waals surface area contributed by atoms with Gasteiger partial charge in [0.05, 0.1) is 11.0 Å². The lowest BCUT2D eigenvalue weighted by Gasteiger charge is -2.27. The van der Waals surface area contributed by atoms with E-state index in [1.54, 1.807) is 0 Å². The number of fused-ring (bicyclic) bond motifs is 3. The van der Waals surface area contributed by atoms with Crippen LogP contribution in [0.3, 0.4) is 0 Å². The third kappa shape index (κ3) is 6.55. The molecule has 0 fully saturated rings. The standard InChI is InChI=1S/C48H45N5/c1-47(2,3)34-26-28-49-45(30-34)51(36-16-10-7-11-17-36)39-22-24-43-41(32-39)42-33-40(23-25-44(42)53(43)38-20-14-9-15-21-38)52(37-18-12-8-13-19-37)46-31-35(27-29-50-46)48(4,5)6/h7-33H,1-6H3. The van der Waals surface area contributed by atoms with Gasteiger partial charge >= 0.3 is 0 Å². The molecule has 0 aliphatic carbocycles. The molecule has 5 aromatic carbocycles. The molecule has 0 amide bonds. The summed E-state index contributed by atoms with van der Waals surface area (Å²) in [7, 11) is 0. The highest BCUT2D eigenvalue weighted by Crippen LogP contribution is 2.43. The Morgan fingerprint density at radius 1 is 0.415 bits per heavy atom. The minimum absolute atomic E-state index is 0.0185. The van der Waals surface area contributed by atoms with Crippen LogP contribution in [0.15, 0.2) is 164 Å². The van der Waals surface area contributed by atoms with Crippen LogP contribution in [0.5, 0.6) is 0 Å². The molecule has 3 heterocycles. The first-order valence-electron chi connectivity index (χ1n) is 18.3. The average Bonchev–Trinajstić information content (AvgIpc) is 3.49. The van der Waals surface area contributed by atoms with Crippen LogP contribution in [0.25, 0.3) is 27.5 Å². The van der Waals surface area contributed by atoms with Crippen molar-refractivity contribution in [1.82, 2.24) is 14.5 Å². The van der Waals surface area contributed by atoms with Gasteiger partial charge in [-0.3, -0.25) is 9.80 Å². The molecule has 0 saturated heterocycles. The predicted molar refractivity (Wildman–Crippen MR) is 223 cm³/mol. The largest absolute Gasteiger partial charge is 0.309 e. The second kappa shape index (κ2) is 13.4. The maximum atomic E-state index is 4.94. The fourth-order valence-electron chi connectivity index (χ4n) is 7.13. The van der Waals surface area contributed by atoms with Gasteiger partial charge in [0, 0.05) is 51.6 Å². The average molecular weight is 692 g/mol. The number of anilines is 6. The van der Waals surface area contributed by atoms with Gasteiger partial charge in [-0.05, 0) is 119 Å². The van der Waals surface area contributed by atoms with Crippen molar-refractivity contribution in [3.63, 3.8) is 0 Å². The van der Waals surface area contributed by atoms with E-state index < -0.39 is 0 Å². The van der Waals surface area contributed by atoms with Crippen LogP contribution in [-0.2, 0) is 10.8 Å². The molecule has 5 heteroatoms. The Balaban J connectivity index is 1.38. The summed E-state index contributed by atoms with van der Waals surface area (Å²) >= 11 is 0. The Hall–Kier alpha value is -6.20. The molecule has 5 nitrogen and oxygen atoms in total. The van der Waals surface area contributed by atoms with Crippen molar-refractivity contribution in [3.05, 3.63) is 175 Å². The second-order valence-electron chi connectivity index (χ2n) is 15.7. The fraction of sp³-hybridized carbons (Fsp3) is 0.167. The zero-order valence-electron chi connectivity index (χ0n) is 31.3. The number of para-hydroxylation sites is 3. The van der Waals surface area contributed by atoms with Gasteiger partial charge in [0.1, 0.15) is 11.6 Å². The summed E-state index contributed by atoms with van der Waals surface area (Å²) in [4.78, 5) is 14.4. The molecule has 3 aromatic heterocycles. The van der Waals surface area contributed by atoms with Crippen molar-refractivity contribution in [2.45, 2.75) is 52.4 Å². The van der Waals surface area contributed by atoms with Crippen molar-refractivity contribution < 1.29 is 0 Å². The minimum Gasteiger partial charge on any atom is -0.309 e. The van der Waals surface area contributed by atoms with Crippen molar-refractivity contribution in [2.24, 2.45) is 0 Å². The van der Waals surface area contributed by atoms with E-state index in [0.717, 1.165) is 61.9 Å². The number of hydrogen-bond donors (Lipinski definition) is 0. The van der Waals surface area contributed by atoms with E-state index in [2.05, 4.69) is 208 Å². The first kappa shape index (κ1) is 33.9. The Morgan fingerprint density at radius 2 is 0.811 bits per heavy atom. The molecule has 0 spiro atoms. The van der Waals surface area contributed by atoms with Crippen LogP contribution in [0, 0.1) is 0 Å². The van der Waals surface area contributed by atoms with Gasteiger partial charge in [0.25, 0.3) is 0 Å². The van der Waals surface area contributed by atoms with Crippen LogP contribution in [0.4, 0.5) is 34.4 Å². The van der Waals surface area contributed by atoms with E-state index in [4.69, 9.17) is 9.97 Å². The molecule has 0 saturated carbocycles. The van der Waals surface area contributed by atoms with Gasteiger partial charge in [0.2, 0.25) is 0 Å². The van der Waals surface area contributed by atoms with Crippen LogP contribution in [0.2, 0.25) is 0 Å². The summed E-state index contributed by atoms with van der Waals surface area (Å²) in [5, 5.41) is 2.31. The third-order valence-corrected chi connectivity index (χ3v) is 9.97. The molecule has 8 rings (SSSR count). The quantitative estimate of drug-likeness (QED) is 0.167. The fourth-order valence-corrected chi connectivity index (χ4v) is 7.13. The molecule has 0 N–H and O–H groups in total. The maximum absolute atomic E-state index is 4.94. The Bertz CT molecular complexity index is 2370. The summed E-state index contributed by atoms with van der Waals surface area (Å²) in [6, 6.07) is 54.0. The number of rotatable bonds is 7. The molecule has 0 radical (unpaired) electrons. The maximum Gasteiger partial charge on any atom is 0.137 e. The lowest BCUT2D eigenvalue weighted by Crippen LogP contribution is -2.15. The molecule has 262 valence electrons. The number of benzene rings is 5. The van der Waals surface area contributed by atoms with E-state index in [0.29, 0.717) is 0 Å². The molecular weight excluding hydrogens is 647 g/mol. The van der Waals surface area contributed by atoms with Gasteiger partial charge in [-0.25, -0.2) is 9.97 Å². The molecule has 0 atom stereocenters. The zero-order valence-corrected chi connectivity index (χ0v) is 31.3. The first-order chi connectivity index (χ1) is 25.6. The highest BCUT2D eigenvalue weighted by molar-refractivity contribution is 6.12. The first-order valence-corrected chi connectivity index (χ1v) is 18.3. The SMILES string of the molecule is CC(C)(C)c1ccnc(N(c2ccccc2)c2ccc3c(c2)c2cc(N(c4ccccc4)c4cc(C(C)(C)C)ccn4)ccc2n3-c2ccccc2)c1. The van der Waals surface area contributed by atoms with Gasteiger partial charge in [-0.2, -0.15) is 0 Å².